The number of benzene rings is 2. The normalized spacial score (nSPS) is 10.9. The number of amides is 1. The van der Waals surface area contributed by atoms with Crippen molar-refractivity contribution in [1.29, 1.82) is 0 Å². The SMILES string of the molecule is Cc1cc(OCC(=O)N(Cc2nc(-c3ccc(Cl)cc3)no2)CC(C)C)ccc1[N+](=O)[O-]. The lowest BCUT2D eigenvalue weighted by atomic mass is 10.2. The molecule has 0 fully saturated rings. The van der Waals surface area contributed by atoms with E-state index in [1.54, 1.807) is 36.1 Å². The number of halogens is 1. The number of hydrogen-bond donors (Lipinski definition) is 0. The molecule has 0 aliphatic carbocycles. The van der Waals surface area contributed by atoms with Crippen LogP contribution >= 0.6 is 11.6 Å². The van der Waals surface area contributed by atoms with E-state index in [9.17, 15) is 14.9 Å². The van der Waals surface area contributed by atoms with Gasteiger partial charge < -0.3 is 14.2 Å². The van der Waals surface area contributed by atoms with E-state index in [1.165, 1.54) is 18.2 Å². The number of nitro benzene ring substituents is 1. The molecule has 2 aromatic carbocycles. The minimum atomic E-state index is -0.461. The number of aromatic nitrogens is 2. The second-order valence-corrected chi connectivity index (χ2v) is 8.12. The minimum absolute atomic E-state index is 0.00186. The summed E-state index contributed by atoms with van der Waals surface area (Å²) < 4.78 is 10.9. The summed E-state index contributed by atoms with van der Waals surface area (Å²) in [6.45, 7) is 6.00. The standard InChI is InChI=1S/C22H23ClN4O5/c1-14(2)11-26(12-20-24-22(25-32-20)16-4-6-17(23)7-5-16)21(28)13-31-18-8-9-19(27(29)30)15(3)10-18/h4-10,14H,11-13H2,1-3H3. The van der Waals surface area contributed by atoms with Gasteiger partial charge in [-0.2, -0.15) is 4.98 Å². The summed E-state index contributed by atoms with van der Waals surface area (Å²) in [6, 6.07) is 11.4. The van der Waals surface area contributed by atoms with Crippen LogP contribution in [0.3, 0.4) is 0 Å². The van der Waals surface area contributed by atoms with Crippen LogP contribution in [-0.2, 0) is 11.3 Å². The summed E-state index contributed by atoms with van der Waals surface area (Å²) in [5.41, 5.74) is 1.21. The summed E-state index contributed by atoms with van der Waals surface area (Å²) in [7, 11) is 0. The lowest BCUT2D eigenvalue weighted by molar-refractivity contribution is -0.385. The highest BCUT2D eigenvalue weighted by Gasteiger charge is 2.20. The third-order valence-electron chi connectivity index (χ3n) is 4.56. The fourth-order valence-corrected chi connectivity index (χ4v) is 3.18. The summed E-state index contributed by atoms with van der Waals surface area (Å²) >= 11 is 5.91. The van der Waals surface area contributed by atoms with Crippen LogP contribution in [0.5, 0.6) is 5.75 Å². The molecule has 0 unspecified atom stereocenters. The van der Waals surface area contributed by atoms with Gasteiger partial charge in [0.1, 0.15) is 12.3 Å². The number of ether oxygens (including phenoxy) is 1. The van der Waals surface area contributed by atoms with Gasteiger partial charge in [-0.1, -0.05) is 30.6 Å². The fourth-order valence-electron chi connectivity index (χ4n) is 3.05. The van der Waals surface area contributed by atoms with Gasteiger partial charge in [0.25, 0.3) is 11.6 Å². The minimum Gasteiger partial charge on any atom is -0.484 e. The Hall–Kier alpha value is -3.46. The number of carbonyl (C=O) groups is 1. The molecule has 32 heavy (non-hydrogen) atoms. The maximum atomic E-state index is 12.8. The largest absolute Gasteiger partial charge is 0.484 e. The molecule has 0 saturated carbocycles. The molecule has 0 aliphatic rings. The van der Waals surface area contributed by atoms with Crippen molar-refractivity contribution >= 4 is 23.2 Å². The maximum Gasteiger partial charge on any atom is 0.272 e. The van der Waals surface area contributed by atoms with Crippen LogP contribution in [0.25, 0.3) is 11.4 Å². The van der Waals surface area contributed by atoms with Gasteiger partial charge in [-0.25, -0.2) is 0 Å². The topological polar surface area (TPSA) is 112 Å². The summed E-state index contributed by atoms with van der Waals surface area (Å²) in [5, 5.41) is 15.5. The van der Waals surface area contributed by atoms with Crippen molar-refractivity contribution in [3.8, 4) is 17.1 Å². The van der Waals surface area contributed by atoms with E-state index in [2.05, 4.69) is 10.1 Å². The van der Waals surface area contributed by atoms with Gasteiger partial charge in [0.05, 0.1) is 4.92 Å². The van der Waals surface area contributed by atoms with E-state index >= 15 is 0 Å². The molecule has 0 aliphatic heterocycles. The van der Waals surface area contributed by atoms with Crippen LogP contribution in [-0.4, -0.2) is 39.0 Å². The first kappa shape index (κ1) is 23.2. The quantitative estimate of drug-likeness (QED) is 0.338. The summed E-state index contributed by atoms with van der Waals surface area (Å²) in [6.07, 6.45) is 0. The Morgan fingerprint density at radius 1 is 1.25 bits per heavy atom. The third kappa shape index (κ3) is 6.04. The van der Waals surface area contributed by atoms with Crippen LogP contribution in [0.15, 0.2) is 47.0 Å². The van der Waals surface area contributed by atoms with Gasteiger partial charge in [0.15, 0.2) is 6.61 Å². The molecule has 9 nitrogen and oxygen atoms in total. The van der Waals surface area contributed by atoms with Gasteiger partial charge in [0, 0.05) is 28.8 Å². The molecule has 0 radical (unpaired) electrons. The molecular weight excluding hydrogens is 436 g/mol. The number of aryl methyl sites for hydroxylation is 1. The zero-order valence-corrected chi connectivity index (χ0v) is 18.7. The Labute approximate surface area is 190 Å². The lowest BCUT2D eigenvalue weighted by Crippen LogP contribution is -2.37. The van der Waals surface area contributed by atoms with E-state index in [-0.39, 0.29) is 30.7 Å². The predicted molar refractivity (Wildman–Crippen MR) is 118 cm³/mol. The van der Waals surface area contributed by atoms with Crippen molar-refractivity contribution in [3.63, 3.8) is 0 Å². The Balaban J connectivity index is 1.67. The van der Waals surface area contributed by atoms with E-state index < -0.39 is 4.92 Å². The molecule has 0 saturated heterocycles. The third-order valence-corrected chi connectivity index (χ3v) is 4.81. The van der Waals surface area contributed by atoms with Crippen molar-refractivity contribution in [2.45, 2.75) is 27.3 Å². The van der Waals surface area contributed by atoms with Crippen LogP contribution in [0, 0.1) is 23.0 Å². The Bertz CT molecular complexity index is 1100. The lowest BCUT2D eigenvalue weighted by Gasteiger charge is -2.23. The molecule has 1 heterocycles. The van der Waals surface area contributed by atoms with Crippen molar-refractivity contribution in [2.24, 2.45) is 5.92 Å². The Morgan fingerprint density at radius 2 is 1.97 bits per heavy atom. The van der Waals surface area contributed by atoms with Crippen molar-refractivity contribution < 1.29 is 19.0 Å². The average Bonchev–Trinajstić information content (AvgIpc) is 3.20. The van der Waals surface area contributed by atoms with Gasteiger partial charge >= 0.3 is 0 Å². The van der Waals surface area contributed by atoms with Crippen molar-refractivity contribution in [3.05, 3.63) is 69.1 Å². The average molecular weight is 459 g/mol. The van der Waals surface area contributed by atoms with E-state index in [4.69, 9.17) is 20.9 Å². The highest BCUT2D eigenvalue weighted by Crippen LogP contribution is 2.23. The second kappa shape index (κ2) is 10.2. The number of carbonyl (C=O) groups excluding carboxylic acids is 1. The molecule has 0 bridgehead atoms. The fraction of sp³-hybridized carbons (Fsp3) is 0.318. The molecule has 0 N–H and O–H groups in total. The summed E-state index contributed by atoms with van der Waals surface area (Å²) in [4.78, 5) is 29.3. The zero-order chi connectivity index (χ0) is 23.3. The second-order valence-electron chi connectivity index (χ2n) is 7.68. The number of nitrogens with zero attached hydrogens (tertiary/aromatic N) is 4. The monoisotopic (exact) mass is 458 g/mol. The first-order chi connectivity index (χ1) is 15.2. The molecule has 0 spiro atoms. The van der Waals surface area contributed by atoms with Crippen LogP contribution in [0.2, 0.25) is 5.02 Å². The van der Waals surface area contributed by atoms with Gasteiger partial charge in [0.2, 0.25) is 11.7 Å². The van der Waals surface area contributed by atoms with Crippen molar-refractivity contribution in [2.75, 3.05) is 13.2 Å². The van der Waals surface area contributed by atoms with E-state index in [1.807, 2.05) is 13.8 Å². The predicted octanol–water partition coefficient (Wildman–Crippen LogP) is 4.67. The van der Waals surface area contributed by atoms with Crippen LogP contribution in [0.1, 0.15) is 25.3 Å². The van der Waals surface area contributed by atoms with Gasteiger partial charge in [-0.3, -0.25) is 14.9 Å². The first-order valence-electron chi connectivity index (χ1n) is 9.97. The van der Waals surface area contributed by atoms with Gasteiger partial charge in [-0.05, 0) is 49.2 Å². The van der Waals surface area contributed by atoms with Crippen LogP contribution < -0.4 is 4.74 Å². The molecule has 168 valence electrons. The number of hydrogen-bond acceptors (Lipinski definition) is 7. The molecule has 1 amide bonds. The van der Waals surface area contributed by atoms with Crippen LogP contribution in [0.4, 0.5) is 5.69 Å². The highest BCUT2D eigenvalue weighted by atomic mass is 35.5. The van der Waals surface area contributed by atoms with Gasteiger partial charge in [-0.15, -0.1) is 0 Å². The molecule has 0 atom stereocenters. The molecule has 3 aromatic rings. The molecular formula is C22H23ClN4O5. The first-order valence-corrected chi connectivity index (χ1v) is 10.3. The Morgan fingerprint density at radius 3 is 2.59 bits per heavy atom. The zero-order valence-electron chi connectivity index (χ0n) is 17.9. The summed E-state index contributed by atoms with van der Waals surface area (Å²) in [5.74, 6) is 1.04. The van der Waals surface area contributed by atoms with E-state index in [0.29, 0.717) is 34.6 Å². The molecule has 1 aromatic heterocycles. The smallest absolute Gasteiger partial charge is 0.272 e. The molecule has 10 heteroatoms. The van der Waals surface area contributed by atoms with E-state index in [0.717, 1.165) is 5.56 Å². The number of rotatable bonds is 9. The van der Waals surface area contributed by atoms with Crippen molar-refractivity contribution in [1.82, 2.24) is 15.0 Å². The highest BCUT2D eigenvalue weighted by molar-refractivity contribution is 6.30. The molecule has 3 rings (SSSR count). The maximum absolute atomic E-state index is 12.8. The number of nitro groups is 1. The Kier molecular flexibility index (Phi) is 7.42.